The summed E-state index contributed by atoms with van der Waals surface area (Å²) in [5.41, 5.74) is 10.6. The van der Waals surface area contributed by atoms with Gasteiger partial charge in [0.05, 0.1) is 32.2 Å². The van der Waals surface area contributed by atoms with Gasteiger partial charge in [-0.2, -0.15) is 15.1 Å². The Kier molecular flexibility index (Phi) is 11.1. The van der Waals surface area contributed by atoms with Crippen molar-refractivity contribution in [2.45, 2.75) is 63.7 Å². The minimum absolute atomic E-state index is 0.0119. The van der Waals surface area contributed by atoms with E-state index < -0.39 is 50.4 Å². The number of aromatic nitrogens is 4. The number of fused-ring (bicyclic) bond motifs is 1. The maximum atomic E-state index is 14.2. The summed E-state index contributed by atoms with van der Waals surface area (Å²) in [6.45, 7) is 4.58. The largest absolute Gasteiger partial charge is 0.466 e. The number of aryl methyl sites for hydroxylation is 1. The number of nitrogens with zero attached hydrogens (tertiary/aromatic N) is 4. The highest BCUT2D eigenvalue weighted by Gasteiger charge is 2.54. The molecule has 0 aliphatic carbocycles. The van der Waals surface area contributed by atoms with Crippen molar-refractivity contribution in [1.29, 1.82) is 0 Å². The number of nitrogen functional groups attached to an aromatic ring is 2. The van der Waals surface area contributed by atoms with Gasteiger partial charge in [0, 0.05) is 13.0 Å². The zero-order valence-electron chi connectivity index (χ0n) is 25.1. The summed E-state index contributed by atoms with van der Waals surface area (Å²) in [4.78, 5) is 35.9. The molecule has 2 unspecified atom stereocenters. The van der Waals surface area contributed by atoms with Gasteiger partial charge in [-0.25, -0.2) is 9.55 Å². The standard InChI is InChI=1S/C27H38N7O10P/c1-4-40-13-17(12-35)33-45(39,44-18-9-7-6-8-16(18)10-11-20(36)41-5-2)42-14-19-22(37)27(3,38)25(43-19)34-15-30-21-23(28)31-26(29)32-24(21)34/h6-9,12,15,17,19,22,25,37-38H,4-5,10-11,13-14H2,1-3H3,(H,33,39)(H4,28,29,31,32)/t17-,19-,22?,25-,27-,45?/m1/s1. The first kappa shape index (κ1) is 34.2. The third-order valence-corrected chi connectivity index (χ3v) is 8.54. The second-order valence-electron chi connectivity index (χ2n) is 10.3. The Labute approximate surface area is 258 Å². The third-order valence-electron chi connectivity index (χ3n) is 6.97. The molecule has 7 N–H and O–H groups in total. The number of hydrogen-bond donors (Lipinski definition) is 5. The number of imidazole rings is 1. The van der Waals surface area contributed by atoms with Crippen LogP contribution in [0.5, 0.6) is 5.75 Å². The summed E-state index contributed by atoms with van der Waals surface area (Å²) in [6.07, 6.45) is -2.03. The Bertz CT molecular complexity index is 1540. The van der Waals surface area contributed by atoms with Crippen molar-refractivity contribution in [2.75, 3.05) is 37.9 Å². The number of anilines is 2. The molecule has 0 bridgehead atoms. The number of hydrogen-bond acceptors (Lipinski definition) is 15. The molecule has 0 radical (unpaired) electrons. The highest BCUT2D eigenvalue weighted by atomic mass is 31.2. The quantitative estimate of drug-likeness (QED) is 0.0820. The maximum Gasteiger partial charge on any atom is 0.459 e. The fourth-order valence-corrected chi connectivity index (χ4v) is 6.22. The number of rotatable bonds is 16. The predicted octanol–water partition coefficient (Wildman–Crippen LogP) is 0.893. The number of nitrogens with one attached hydrogen (secondary N) is 1. The van der Waals surface area contributed by atoms with Crippen molar-refractivity contribution in [2.24, 2.45) is 0 Å². The molecule has 3 heterocycles. The second-order valence-corrected chi connectivity index (χ2v) is 12.0. The molecule has 17 nitrogen and oxygen atoms in total. The van der Waals surface area contributed by atoms with Gasteiger partial charge < -0.3 is 45.2 Å². The summed E-state index contributed by atoms with van der Waals surface area (Å²) >= 11 is 0. The lowest BCUT2D eigenvalue weighted by molar-refractivity contribution is -0.143. The fourth-order valence-electron chi connectivity index (χ4n) is 4.72. The molecule has 0 spiro atoms. The summed E-state index contributed by atoms with van der Waals surface area (Å²) in [6, 6.07) is 5.46. The van der Waals surface area contributed by atoms with E-state index in [4.69, 9.17) is 34.7 Å². The molecule has 1 fully saturated rings. The van der Waals surface area contributed by atoms with Crippen LogP contribution >= 0.6 is 7.75 Å². The maximum absolute atomic E-state index is 14.2. The van der Waals surface area contributed by atoms with Gasteiger partial charge in [-0.05, 0) is 38.8 Å². The molecular weight excluding hydrogens is 613 g/mol. The molecule has 18 heteroatoms. The van der Waals surface area contributed by atoms with E-state index in [1.807, 2.05) is 0 Å². The van der Waals surface area contributed by atoms with Gasteiger partial charge in [-0.1, -0.05) is 18.2 Å². The van der Waals surface area contributed by atoms with E-state index in [9.17, 15) is 24.4 Å². The van der Waals surface area contributed by atoms with Crippen molar-refractivity contribution in [3.63, 3.8) is 0 Å². The van der Waals surface area contributed by atoms with Gasteiger partial charge in [0.15, 0.2) is 17.7 Å². The van der Waals surface area contributed by atoms with Gasteiger partial charge in [0.1, 0.15) is 35.4 Å². The molecule has 0 saturated carbocycles. The Balaban J connectivity index is 1.57. The highest BCUT2D eigenvalue weighted by molar-refractivity contribution is 7.52. The molecule has 45 heavy (non-hydrogen) atoms. The molecule has 3 aromatic rings. The molecule has 1 aliphatic rings. The van der Waals surface area contributed by atoms with Gasteiger partial charge >= 0.3 is 13.7 Å². The molecule has 4 rings (SSSR count). The van der Waals surface area contributed by atoms with Crippen LogP contribution in [0.1, 0.15) is 39.0 Å². The van der Waals surface area contributed by atoms with Crippen molar-refractivity contribution >= 4 is 42.9 Å². The molecule has 1 aromatic carbocycles. The van der Waals surface area contributed by atoms with Crippen molar-refractivity contribution in [1.82, 2.24) is 24.6 Å². The number of aliphatic hydroxyl groups excluding tert-OH is 1. The first-order valence-corrected chi connectivity index (χ1v) is 15.8. The van der Waals surface area contributed by atoms with Crippen LogP contribution in [0.4, 0.5) is 11.8 Å². The van der Waals surface area contributed by atoms with E-state index in [2.05, 4.69) is 20.0 Å². The van der Waals surface area contributed by atoms with Gasteiger partial charge in [-0.3, -0.25) is 13.9 Å². The Morgan fingerprint density at radius 2 is 2.02 bits per heavy atom. The predicted molar refractivity (Wildman–Crippen MR) is 160 cm³/mol. The normalized spacial score (nSPS) is 23.4. The lowest BCUT2D eigenvalue weighted by Gasteiger charge is -2.27. The minimum atomic E-state index is -4.42. The topological polar surface area (TPSA) is 245 Å². The van der Waals surface area contributed by atoms with Crippen molar-refractivity contribution in [3.05, 3.63) is 36.2 Å². The molecular formula is C27H38N7O10P. The van der Waals surface area contributed by atoms with Gasteiger partial charge in [0.25, 0.3) is 0 Å². The van der Waals surface area contributed by atoms with Crippen LogP contribution in [0.15, 0.2) is 30.6 Å². The van der Waals surface area contributed by atoms with Crippen LogP contribution < -0.4 is 21.1 Å². The third kappa shape index (κ3) is 7.94. The number of esters is 1. The van der Waals surface area contributed by atoms with Crippen molar-refractivity contribution < 1.29 is 47.6 Å². The first-order valence-electron chi connectivity index (χ1n) is 14.2. The minimum Gasteiger partial charge on any atom is -0.466 e. The first-order chi connectivity index (χ1) is 21.4. The van der Waals surface area contributed by atoms with E-state index in [1.54, 1.807) is 32.0 Å². The van der Waals surface area contributed by atoms with E-state index in [1.165, 1.54) is 23.9 Å². The number of aliphatic hydroxyl groups is 2. The summed E-state index contributed by atoms with van der Waals surface area (Å²) in [5, 5.41) is 24.9. The highest BCUT2D eigenvalue weighted by Crippen LogP contribution is 2.48. The molecule has 6 atom stereocenters. The summed E-state index contributed by atoms with van der Waals surface area (Å²) in [7, 11) is -4.42. The average Bonchev–Trinajstić information content (AvgIpc) is 3.51. The van der Waals surface area contributed by atoms with E-state index in [-0.39, 0.29) is 54.7 Å². The van der Waals surface area contributed by atoms with E-state index in [0.29, 0.717) is 18.5 Å². The number of ether oxygens (including phenoxy) is 3. The van der Waals surface area contributed by atoms with Crippen LogP contribution in [0.2, 0.25) is 0 Å². The lowest BCUT2D eigenvalue weighted by Crippen LogP contribution is -2.44. The number of carbonyl (C=O) groups is 2. The monoisotopic (exact) mass is 651 g/mol. The number of para-hydroxylation sites is 1. The SMILES string of the molecule is CCOC[C@@H](C=O)NP(=O)(OC[C@H]1O[C@@H](n2cnc3c(N)nc(N)nc32)[C@](C)(O)C1O)Oc1ccccc1CCC(=O)OCC. The van der Waals surface area contributed by atoms with Crippen LogP contribution in [0.25, 0.3) is 11.2 Å². The molecule has 0 amide bonds. The average molecular weight is 652 g/mol. The van der Waals surface area contributed by atoms with Gasteiger partial charge in [-0.15, -0.1) is 0 Å². The van der Waals surface area contributed by atoms with Crippen LogP contribution in [0.3, 0.4) is 0 Å². The summed E-state index contributed by atoms with van der Waals surface area (Å²) in [5.74, 6) is -0.420. The Morgan fingerprint density at radius 3 is 2.73 bits per heavy atom. The van der Waals surface area contributed by atoms with Gasteiger partial charge in [0.2, 0.25) is 5.95 Å². The molecule has 1 saturated heterocycles. The number of benzene rings is 1. The summed E-state index contributed by atoms with van der Waals surface area (Å²) < 4.78 is 43.4. The molecule has 246 valence electrons. The van der Waals surface area contributed by atoms with Crippen molar-refractivity contribution in [3.8, 4) is 5.75 Å². The molecule has 1 aliphatic heterocycles. The Morgan fingerprint density at radius 1 is 1.27 bits per heavy atom. The number of nitrogens with two attached hydrogens (primary N) is 2. The zero-order chi connectivity index (χ0) is 32.8. The molecule has 2 aromatic heterocycles. The number of carbonyl (C=O) groups excluding carboxylic acids is 2. The number of aldehydes is 1. The lowest BCUT2D eigenvalue weighted by atomic mass is 9.96. The van der Waals surface area contributed by atoms with Crippen LogP contribution in [-0.4, -0.2) is 92.3 Å². The zero-order valence-corrected chi connectivity index (χ0v) is 26.0. The Hall–Kier alpha value is -3.70. The van der Waals surface area contributed by atoms with E-state index >= 15 is 0 Å². The van der Waals surface area contributed by atoms with E-state index in [0.717, 1.165) is 0 Å². The smallest absolute Gasteiger partial charge is 0.459 e. The van der Waals surface area contributed by atoms with Crippen LogP contribution in [-0.2, 0) is 39.3 Å². The fraction of sp³-hybridized carbons (Fsp3) is 0.519. The second kappa shape index (κ2) is 14.6. The van der Waals surface area contributed by atoms with Crippen LogP contribution in [0, 0.1) is 0 Å².